The lowest BCUT2D eigenvalue weighted by atomic mass is 10.1. The molecule has 2 aromatic carbocycles. The summed E-state index contributed by atoms with van der Waals surface area (Å²) in [7, 11) is -4.03. The van der Waals surface area contributed by atoms with E-state index in [9.17, 15) is 17.6 Å². The second kappa shape index (κ2) is 8.16. The van der Waals surface area contributed by atoms with Crippen molar-refractivity contribution in [1.29, 1.82) is 0 Å². The molecular formula is C19H21FN2O4S. The van der Waals surface area contributed by atoms with E-state index in [-0.39, 0.29) is 16.4 Å². The zero-order valence-corrected chi connectivity index (χ0v) is 15.7. The van der Waals surface area contributed by atoms with Crippen molar-refractivity contribution in [3.8, 4) is 0 Å². The number of hydrogen-bond acceptors (Lipinski definition) is 4. The molecule has 2 aromatic rings. The van der Waals surface area contributed by atoms with E-state index >= 15 is 0 Å². The van der Waals surface area contributed by atoms with E-state index in [1.807, 2.05) is 0 Å². The van der Waals surface area contributed by atoms with Gasteiger partial charge >= 0.3 is 0 Å². The fraction of sp³-hybridized carbons (Fsp3) is 0.316. The highest BCUT2D eigenvalue weighted by atomic mass is 32.2. The minimum Gasteiger partial charge on any atom is -0.378 e. The number of benzene rings is 2. The Morgan fingerprint density at radius 2 is 1.81 bits per heavy atom. The van der Waals surface area contributed by atoms with Gasteiger partial charge in [0.25, 0.3) is 0 Å². The smallest absolute Gasteiger partial charge is 0.245 e. The summed E-state index contributed by atoms with van der Waals surface area (Å²) in [6, 6.07) is 11.0. The van der Waals surface area contributed by atoms with Crippen LogP contribution in [0.4, 0.5) is 4.39 Å². The number of sulfonamides is 1. The van der Waals surface area contributed by atoms with Gasteiger partial charge in [-0.3, -0.25) is 4.79 Å². The van der Waals surface area contributed by atoms with Gasteiger partial charge in [0.15, 0.2) is 0 Å². The number of amides is 1. The standard InChI is InChI=1S/C19H21FN2O4S/c1-14-13-16(20)7-8-17(14)27(24,25)21-18(15-5-3-2-4-6-15)19(23)22-9-11-26-12-10-22/h2-8,13,18,21H,9-12H2,1H3/t18-/m0/s1. The van der Waals surface area contributed by atoms with Gasteiger partial charge in [-0.2, -0.15) is 4.72 Å². The van der Waals surface area contributed by atoms with Crippen molar-refractivity contribution in [3.05, 3.63) is 65.5 Å². The lowest BCUT2D eigenvalue weighted by molar-refractivity contribution is -0.137. The van der Waals surface area contributed by atoms with Gasteiger partial charge in [0, 0.05) is 13.1 Å². The summed E-state index contributed by atoms with van der Waals surface area (Å²) in [6.07, 6.45) is 0. The average Bonchev–Trinajstić information content (AvgIpc) is 2.67. The summed E-state index contributed by atoms with van der Waals surface area (Å²) < 4.78 is 46.9. The number of rotatable bonds is 5. The Bertz CT molecular complexity index is 913. The monoisotopic (exact) mass is 392 g/mol. The first-order valence-corrected chi connectivity index (χ1v) is 10.1. The lowest BCUT2D eigenvalue weighted by Crippen LogP contribution is -2.47. The molecular weight excluding hydrogens is 371 g/mol. The fourth-order valence-electron chi connectivity index (χ4n) is 3.01. The second-order valence-corrected chi connectivity index (χ2v) is 7.99. The number of nitrogens with one attached hydrogen (secondary N) is 1. The summed E-state index contributed by atoms with van der Waals surface area (Å²) in [6.45, 7) is 3.14. The van der Waals surface area contributed by atoms with Crippen molar-refractivity contribution in [2.75, 3.05) is 26.3 Å². The van der Waals surface area contributed by atoms with Gasteiger partial charge in [0.1, 0.15) is 11.9 Å². The molecule has 3 rings (SSSR count). The number of carbonyl (C=O) groups is 1. The molecule has 6 nitrogen and oxygen atoms in total. The highest BCUT2D eigenvalue weighted by Crippen LogP contribution is 2.22. The number of aryl methyl sites for hydroxylation is 1. The number of nitrogens with zero attached hydrogens (tertiary/aromatic N) is 1. The Hall–Kier alpha value is -2.29. The van der Waals surface area contributed by atoms with Crippen molar-refractivity contribution in [2.24, 2.45) is 0 Å². The quantitative estimate of drug-likeness (QED) is 0.845. The second-order valence-electron chi connectivity index (χ2n) is 6.31. The predicted octanol–water partition coefficient (Wildman–Crippen LogP) is 2.01. The van der Waals surface area contributed by atoms with Crippen LogP contribution in [0, 0.1) is 12.7 Å². The van der Waals surface area contributed by atoms with Crippen LogP contribution in [0.5, 0.6) is 0 Å². The Morgan fingerprint density at radius 1 is 1.15 bits per heavy atom. The van der Waals surface area contributed by atoms with Crippen molar-refractivity contribution in [2.45, 2.75) is 17.9 Å². The van der Waals surface area contributed by atoms with Crippen LogP contribution < -0.4 is 4.72 Å². The number of halogens is 1. The minimum absolute atomic E-state index is 0.0559. The maximum absolute atomic E-state index is 13.3. The minimum atomic E-state index is -4.03. The van der Waals surface area contributed by atoms with Crippen molar-refractivity contribution < 1.29 is 22.3 Å². The zero-order valence-electron chi connectivity index (χ0n) is 14.9. The average molecular weight is 392 g/mol. The maximum atomic E-state index is 13.3. The number of carbonyl (C=O) groups excluding carboxylic acids is 1. The summed E-state index contributed by atoms with van der Waals surface area (Å²) in [5.41, 5.74) is 0.811. The molecule has 0 saturated carbocycles. The molecule has 1 fully saturated rings. The Labute approximate surface area is 158 Å². The number of morpholine rings is 1. The maximum Gasteiger partial charge on any atom is 0.245 e. The van der Waals surface area contributed by atoms with Crippen LogP contribution in [0.2, 0.25) is 0 Å². The first kappa shape index (κ1) is 19.5. The molecule has 1 saturated heterocycles. The van der Waals surface area contributed by atoms with Crippen LogP contribution in [0.25, 0.3) is 0 Å². The van der Waals surface area contributed by atoms with Crippen LogP contribution in [-0.4, -0.2) is 45.5 Å². The largest absolute Gasteiger partial charge is 0.378 e. The fourth-order valence-corrected chi connectivity index (χ4v) is 4.41. The van der Waals surface area contributed by atoms with E-state index in [1.54, 1.807) is 35.2 Å². The number of ether oxygens (including phenoxy) is 1. The van der Waals surface area contributed by atoms with Gasteiger partial charge in [-0.1, -0.05) is 30.3 Å². The Morgan fingerprint density at radius 3 is 2.44 bits per heavy atom. The Kier molecular flexibility index (Phi) is 5.88. The molecule has 1 aliphatic heterocycles. The van der Waals surface area contributed by atoms with Gasteiger partial charge in [0.2, 0.25) is 15.9 Å². The SMILES string of the molecule is Cc1cc(F)ccc1S(=O)(=O)N[C@H](C(=O)N1CCOCC1)c1ccccc1. The predicted molar refractivity (Wildman–Crippen MR) is 98.0 cm³/mol. The first-order chi connectivity index (χ1) is 12.9. The molecule has 1 N–H and O–H groups in total. The Balaban J connectivity index is 1.94. The van der Waals surface area contributed by atoms with Crippen LogP contribution in [-0.2, 0) is 19.6 Å². The third kappa shape index (κ3) is 4.52. The molecule has 1 atom stereocenters. The molecule has 0 aromatic heterocycles. The highest BCUT2D eigenvalue weighted by molar-refractivity contribution is 7.89. The third-order valence-electron chi connectivity index (χ3n) is 4.40. The number of hydrogen-bond donors (Lipinski definition) is 1. The van der Waals surface area contributed by atoms with Crippen LogP contribution in [0.15, 0.2) is 53.4 Å². The molecule has 1 amide bonds. The topological polar surface area (TPSA) is 75.7 Å². The van der Waals surface area contributed by atoms with Crippen molar-refractivity contribution in [3.63, 3.8) is 0 Å². The third-order valence-corrected chi connectivity index (χ3v) is 5.99. The summed E-state index contributed by atoms with van der Waals surface area (Å²) in [4.78, 5) is 14.6. The summed E-state index contributed by atoms with van der Waals surface area (Å²) in [5.74, 6) is -0.858. The molecule has 0 spiro atoms. The van der Waals surface area contributed by atoms with Gasteiger partial charge in [-0.25, -0.2) is 12.8 Å². The molecule has 0 radical (unpaired) electrons. The van der Waals surface area contributed by atoms with Crippen molar-refractivity contribution in [1.82, 2.24) is 9.62 Å². The van der Waals surface area contributed by atoms with E-state index in [2.05, 4.69) is 4.72 Å². The van der Waals surface area contributed by atoms with Crippen LogP contribution >= 0.6 is 0 Å². The molecule has 8 heteroatoms. The molecule has 0 bridgehead atoms. The van der Waals surface area contributed by atoms with Crippen LogP contribution in [0.3, 0.4) is 0 Å². The lowest BCUT2D eigenvalue weighted by Gasteiger charge is -2.31. The zero-order chi connectivity index (χ0) is 19.4. The summed E-state index contributed by atoms with van der Waals surface area (Å²) >= 11 is 0. The summed E-state index contributed by atoms with van der Waals surface area (Å²) in [5, 5.41) is 0. The van der Waals surface area contributed by atoms with E-state index in [1.165, 1.54) is 13.0 Å². The van der Waals surface area contributed by atoms with Crippen molar-refractivity contribution >= 4 is 15.9 Å². The normalized spacial score (nSPS) is 16.1. The highest BCUT2D eigenvalue weighted by Gasteiger charge is 2.32. The van der Waals surface area contributed by atoms with E-state index in [0.717, 1.165) is 12.1 Å². The van der Waals surface area contributed by atoms with E-state index < -0.39 is 21.9 Å². The van der Waals surface area contributed by atoms with E-state index in [4.69, 9.17) is 4.74 Å². The van der Waals surface area contributed by atoms with Gasteiger partial charge < -0.3 is 9.64 Å². The van der Waals surface area contributed by atoms with Crippen LogP contribution in [0.1, 0.15) is 17.2 Å². The van der Waals surface area contributed by atoms with E-state index in [0.29, 0.717) is 31.9 Å². The molecule has 1 heterocycles. The van der Waals surface area contributed by atoms with Gasteiger partial charge in [0.05, 0.1) is 18.1 Å². The van der Waals surface area contributed by atoms with Gasteiger partial charge in [-0.05, 0) is 36.2 Å². The molecule has 144 valence electrons. The molecule has 0 aliphatic carbocycles. The van der Waals surface area contributed by atoms with Gasteiger partial charge in [-0.15, -0.1) is 0 Å². The first-order valence-electron chi connectivity index (χ1n) is 8.58. The molecule has 27 heavy (non-hydrogen) atoms. The molecule has 1 aliphatic rings. The molecule has 0 unspecified atom stereocenters.